The molecule has 0 unspecified atom stereocenters. The molecule has 1 N–H and O–H groups in total. The van der Waals surface area contributed by atoms with E-state index in [1.807, 2.05) is 25.1 Å². The predicted octanol–water partition coefficient (Wildman–Crippen LogP) is 2.92. The van der Waals surface area contributed by atoms with Crippen molar-refractivity contribution < 1.29 is 14.0 Å². The van der Waals surface area contributed by atoms with E-state index in [9.17, 15) is 14.0 Å². The third kappa shape index (κ3) is 4.05. The zero-order chi connectivity index (χ0) is 17.8. The summed E-state index contributed by atoms with van der Waals surface area (Å²) in [4.78, 5) is 26.4. The summed E-state index contributed by atoms with van der Waals surface area (Å²) >= 11 is 0. The van der Waals surface area contributed by atoms with E-state index in [0.29, 0.717) is 18.7 Å². The van der Waals surface area contributed by atoms with Crippen molar-refractivity contribution in [2.75, 3.05) is 6.54 Å². The summed E-state index contributed by atoms with van der Waals surface area (Å²) in [5, 5.41) is 2.95. The van der Waals surface area contributed by atoms with Gasteiger partial charge >= 0.3 is 0 Å². The molecule has 0 aromatic heterocycles. The quantitative estimate of drug-likeness (QED) is 0.910. The molecule has 0 saturated carbocycles. The first-order valence-corrected chi connectivity index (χ1v) is 8.47. The van der Waals surface area contributed by atoms with Crippen molar-refractivity contribution in [3.05, 3.63) is 71.0 Å². The number of nitrogens with one attached hydrogen (secondary N) is 1. The number of aryl methyl sites for hydroxylation is 1. The molecule has 0 aliphatic carbocycles. The lowest BCUT2D eigenvalue weighted by Gasteiger charge is -2.18. The second kappa shape index (κ2) is 7.47. The van der Waals surface area contributed by atoms with Crippen LogP contribution in [0, 0.1) is 5.82 Å². The molecule has 4 nitrogen and oxygen atoms in total. The highest BCUT2D eigenvalue weighted by atomic mass is 19.1. The van der Waals surface area contributed by atoms with E-state index in [4.69, 9.17) is 0 Å². The molecule has 5 heteroatoms. The van der Waals surface area contributed by atoms with E-state index in [1.54, 1.807) is 23.1 Å². The number of benzene rings is 2. The van der Waals surface area contributed by atoms with Crippen LogP contribution in [0.5, 0.6) is 0 Å². The van der Waals surface area contributed by atoms with Gasteiger partial charge in [0, 0.05) is 25.1 Å². The molecular formula is C20H21FN2O2. The lowest BCUT2D eigenvalue weighted by Crippen LogP contribution is -2.37. The van der Waals surface area contributed by atoms with Gasteiger partial charge in [-0.1, -0.05) is 37.3 Å². The zero-order valence-corrected chi connectivity index (χ0v) is 14.2. The van der Waals surface area contributed by atoms with Gasteiger partial charge < -0.3 is 10.2 Å². The summed E-state index contributed by atoms with van der Waals surface area (Å²) in [6, 6.07) is 13.5. The van der Waals surface area contributed by atoms with Crippen LogP contribution in [0.3, 0.4) is 0 Å². The van der Waals surface area contributed by atoms with Gasteiger partial charge in [-0.3, -0.25) is 9.59 Å². The highest BCUT2D eigenvalue weighted by molar-refractivity contribution is 5.96. The first-order chi connectivity index (χ1) is 12.1. The minimum Gasteiger partial charge on any atom is -0.347 e. The third-order valence-electron chi connectivity index (χ3n) is 4.46. The molecule has 1 aliphatic rings. The van der Waals surface area contributed by atoms with Crippen LogP contribution in [0.4, 0.5) is 4.39 Å². The van der Waals surface area contributed by atoms with Gasteiger partial charge in [0.15, 0.2) is 0 Å². The van der Waals surface area contributed by atoms with Gasteiger partial charge in [-0.2, -0.15) is 0 Å². The van der Waals surface area contributed by atoms with E-state index in [0.717, 1.165) is 17.5 Å². The number of carbonyl (C=O) groups is 2. The molecular weight excluding hydrogens is 319 g/mol. The Hall–Kier alpha value is -2.69. The summed E-state index contributed by atoms with van der Waals surface area (Å²) < 4.78 is 13.3. The SMILES string of the molecule is CCc1ccccc1C(=O)N[C@H]1CC(=O)N(Cc2cccc(F)c2)C1. The second-order valence-electron chi connectivity index (χ2n) is 6.29. The Labute approximate surface area is 146 Å². The summed E-state index contributed by atoms with van der Waals surface area (Å²) in [5.74, 6) is -0.494. The Morgan fingerprint density at radius 2 is 2.04 bits per heavy atom. The van der Waals surface area contributed by atoms with Gasteiger partial charge in [-0.15, -0.1) is 0 Å². The fourth-order valence-electron chi connectivity index (χ4n) is 3.19. The average molecular weight is 340 g/mol. The van der Waals surface area contributed by atoms with Crippen LogP contribution in [-0.4, -0.2) is 29.3 Å². The molecule has 1 heterocycles. The molecule has 0 radical (unpaired) electrons. The fourth-order valence-corrected chi connectivity index (χ4v) is 3.19. The maximum Gasteiger partial charge on any atom is 0.251 e. The molecule has 2 aromatic carbocycles. The van der Waals surface area contributed by atoms with Crippen molar-refractivity contribution in [1.82, 2.24) is 10.2 Å². The van der Waals surface area contributed by atoms with Crippen molar-refractivity contribution >= 4 is 11.8 Å². The molecule has 3 rings (SSSR count). The Morgan fingerprint density at radius 3 is 2.80 bits per heavy atom. The predicted molar refractivity (Wildman–Crippen MR) is 93.5 cm³/mol. The standard InChI is InChI=1S/C20H21FN2O2/c1-2-15-7-3-4-9-18(15)20(25)22-17-11-19(24)23(13-17)12-14-6-5-8-16(21)10-14/h3-10,17H,2,11-13H2,1H3,(H,22,25)/t17-/m0/s1. The number of carbonyl (C=O) groups excluding carboxylic acids is 2. The van der Waals surface area contributed by atoms with Crippen molar-refractivity contribution in [2.45, 2.75) is 32.4 Å². The first-order valence-electron chi connectivity index (χ1n) is 8.47. The van der Waals surface area contributed by atoms with Gasteiger partial charge in [-0.05, 0) is 35.7 Å². The van der Waals surface area contributed by atoms with Crippen molar-refractivity contribution in [2.24, 2.45) is 0 Å². The van der Waals surface area contributed by atoms with Gasteiger partial charge in [0.1, 0.15) is 5.82 Å². The second-order valence-corrected chi connectivity index (χ2v) is 6.29. The molecule has 1 aliphatic heterocycles. The van der Waals surface area contributed by atoms with Crippen molar-refractivity contribution in [3.8, 4) is 0 Å². The largest absolute Gasteiger partial charge is 0.347 e. The maximum absolute atomic E-state index is 13.3. The number of nitrogens with zero attached hydrogens (tertiary/aromatic N) is 1. The molecule has 1 atom stereocenters. The van der Waals surface area contributed by atoms with E-state index in [1.165, 1.54) is 12.1 Å². The highest BCUT2D eigenvalue weighted by Gasteiger charge is 2.31. The number of halogens is 1. The Morgan fingerprint density at radius 1 is 1.24 bits per heavy atom. The van der Waals surface area contributed by atoms with Crippen LogP contribution in [-0.2, 0) is 17.8 Å². The van der Waals surface area contributed by atoms with Crippen LogP contribution < -0.4 is 5.32 Å². The van der Waals surface area contributed by atoms with E-state index >= 15 is 0 Å². The normalized spacial score (nSPS) is 17.0. The molecule has 1 saturated heterocycles. The van der Waals surface area contributed by atoms with E-state index < -0.39 is 0 Å². The molecule has 130 valence electrons. The number of hydrogen-bond acceptors (Lipinski definition) is 2. The summed E-state index contributed by atoms with van der Waals surface area (Å²) in [5.41, 5.74) is 2.39. The van der Waals surface area contributed by atoms with Crippen LogP contribution >= 0.6 is 0 Å². The van der Waals surface area contributed by atoms with Gasteiger partial charge in [0.2, 0.25) is 5.91 Å². The first kappa shape index (κ1) is 17.1. The van der Waals surface area contributed by atoms with Crippen LogP contribution in [0.1, 0.15) is 34.8 Å². The number of hydrogen-bond donors (Lipinski definition) is 1. The molecule has 1 fully saturated rings. The van der Waals surface area contributed by atoms with Crippen LogP contribution in [0.25, 0.3) is 0 Å². The summed E-state index contributed by atoms with van der Waals surface area (Å²) in [7, 11) is 0. The number of likely N-dealkylation sites (tertiary alicyclic amines) is 1. The topological polar surface area (TPSA) is 49.4 Å². The maximum atomic E-state index is 13.3. The minimum atomic E-state index is -0.315. The minimum absolute atomic E-state index is 0.0293. The van der Waals surface area contributed by atoms with Gasteiger partial charge in [-0.25, -0.2) is 4.39 Å². The molecule has 0 bridgehead atoms. The van der Waals surface area contributed by atoms with Crippen molar-refractivity contribution in [3.63, 3.8) is 0 Å². The molecule has 2 amide bonds. The smallest absolute Gasteiger partial charge is 0.251 e. The van der Waals surface area contributed by atoms with E-state index in [-0.39, 0.29) is 30.1 Å². The monoisotopic (exact) mass is 340 g/mol. The number of rotatable bonds is 5. The molecule has 25 heavy (non-hydrogen) atoms. The Bertz CT molecular complexity index is 791. The molecule has 2 aromatic rings. The lowest BCUT2D eigenvalue weighted by atomic mass is 10.0. The Kier molecular flexibility index (Phi) is 5.12. The van der Waals surface area contributed by atoms with Crippen LogP contribution in [0.15, 0.2) is 48.5 Å². The Balaban J connectivity index is 1.63. The summed E-state index contributed by atoms with van der Waals surface area (Å²) in [6.07, 6.45) is 1.05. The van der Waals surface area contributed by atoms with E-state index in [2.05, 4.69) is 5.32 Å². The third-order valence-corrected chi connectivity index (χ3v) is 4.46. The van der Waals surface area contributed by atoms with Crippen molar-refractivity contribution in [1.29, 1.82) is 0 Å². The molecule has 0 spiro atoms. The fraction of sp³-hybridized carbons (Fsp3) is 0.300. The lowest BCUT2D eigenvalue weighted by molar-refractivity contribution is -0.128. The number of amides is 2. The van der Waals surface area contributed by atoms with Gasteiger partial charge in [0.25, 0.3) is 5.91 Å². The summed E-state index contributed by atoms with van der Waals surface area (Å²) in [6.45, 7) is 2.80. The zero-order valence-electron chi connectivity index (χ0n) is 14.2. The highest BCUT2D eigenvalue weighted by Crippen LogP contribution is 2.17. The van der Waals surface area contributed by atoms with Gasteiger partial charge in [0.05, 0.1) is 6.04 Å². The van der Waals surface area contributed by atoms with Crippen LogP contribution in [0.2, 0.25) is 0 Å². The average Bonchev–Trinajstić information content (AvgIpc) is 2.94.